The van der Waals surface area contributed by atoms with Crippen molar-refractivity contribution in [1.29, 1.82) is 0 Å². The van der Waals surface area contributed by atoms with Crippen LogP contribution in [0.5, 0.6) is 0 Å². The van der Waals surface area contributed by atoms with Crippen molar-refractivity contribution in [1.82, 2.24) is 0 Å². The first-order chi connectivity index (χ1) is 8.22. The molecule has 0 N–H and O–H groups in total. The van der Waals surface area contributed by atoms with Crippen LogP contribution in [-0.2, 0) is 0 Å². The zero-order valence-corrected chi connectivity index (χ0v) is 11.6. The fourth-order valence-electron chi connectivity index (χ4n) is 2.95. The first-order valence-electron chi connectivity index (χ1n) is 7.32. The predicted molar refractivity (Wildman–Crippen MR) is 75.5 cm³/mol. The molecule has 0 heteroatoms. The summed E-state index contributed by atoms with van der Waals surface area (Å²) in [7, 11) is 0. The lowest BCUT2D eigenvalue weighted by atomic mass is 9.78. The molecule has 0 saturated heterocycles. The third kappa shape index (κ3) is 2.91. The van der Waals surface area contributed by atoms with Crippen LogP contribution in [0, 0.1) is 5.92 Å². The van der Waals surface area contributed by atoms with E-state index in [1.165, 1.54) is 32.1 Å². The Morgan fingerprint density at radius 1 is 1.12 bits per heavy atom. The SMILES string of the molecule is CCCC(c1ccc(C2CCC2)cc1)C(C)C. The summed E-state index contributed by atoms with van der Waals surface area (Å²) in [6.07, 6.45) is 6.84. The molecule has 1 aliphatic rings. The molecule has 1 aromatic carbocycles. The molecule has 1 fully saturated rings. The molecule has 1 aliphatic carbocycles. The molecule has 94 valence electrons. The standard InChI is InChI=1S/C17H26/c1-4-6-17(13(2)3)16-11-9-15(10-12-16)14-7-5-8-14/h9-14,17H,4-8H2,1-3H3. The van der Waals surface area contributed by atoms with Gasteiger partial charge in [0.2, 0.25) is 0 Å². The van der Waals surface area contributed by atoms with Gasteiger partial charge in [-0.3, -0.25) is 0 Å². The Labute approximate surface area is 106 Å². The molecule has 0 aliphatic heterocycles. The van der Waals surface area contributed by atoms with E-state index < -0.39 is 0 Å². The van der Waals surface area contributed by atoms with Gasteiger partial charge in [-0.25, -0.2) is 0 Å². The van der Waals surface area contributed by atoms with Crippen molar-refractivity contribution in [3.05, 3.63) is 35.4 Å². The number of rotatable bonds is 5. The molecule has 0 heterocycles. The average Bonchev–Trinajstić information content (AvgIpc) is 2.24. The van der Waals surface area contributed by atoms with Gasteiger partial charge in [0.05, 0.1) is 0 Å². The number of hydrogen-bond donors (Lipinski definition) is 0. The predicted octanol–water partition coefficient (Wildman–Crippen LogP) is 5.49. The maximum absolute atomic E-state index is 2.38. The van der Waals surface area contributed by atoms with Crippen LogP contribution in [0.25, 0.3) is 0 Å². The van der Waals surface area contributed by atoms with Gasteiger partial charge >= 0.3 is 0 Å². The zero-order valence-electron chi connectivity index (χ0n) is 11.6. The molecule has 0 bridgehead atoms. The van der Waals surface area contributed by atoms with E-state index in [-0.39, 0.29) is 0 Å². The van der Waals surface area contributed by atoms with Gasteiger partial charge < -0.3 is 0 Å². The van der Waals surface area contributed by atoms with Crippen molar-refractivity contribution in [2.24, 2.45) is 5.92 Å². The molecule has 1 unspecified atom stereocenters. The Bertz CT molecular complexity index is 330. The second-order valence-corrected chi connectivity index (χ2v) is 5.93. The van der Waals surface area contributed by atoms with E-state index in [1.54, 1.807) is 11.1 Å². The molecule has 0 amide bonds. The highest BCUT2D eigenvalue weighted by Gasteiger charge is 2.20. The van der Waals surface area contributed by atoms with Crippen LogP contribution in [0.3, 0.4) is 0 Å². The Morgan fingerprint density at radius 3 is 2.18 bits per heavy atom. The first kappa shape index (κ1) is 12.7. The van der Waals surface area contributed by atoms with Crippen LogP contribution < -0.4 is 0 Å². The maximum atomic E-state index is 2.38. The summed E-state index contributed by atoms with van der Waals surface area (Å²) in [5.41, 5.74) is 3.11. The third-order valence-corrected chi connectivity index (χ3v) is 4.35. The summed E-state index contributed by atoms with van der Waals surface area (Å²) in [6.45, 7) is 6.98. The van der Waals surface area contributed by atoms with E-state index in [2.05, 4.69) is 45.0 Å². The second-order valence-electron chi connectivity index (χ2n) is 5.93. The molecule has 0 nitrogen and oxygen atoms in total. The van der Waals surface area contributed by atoms with E-state index in [1.807, 2.05) is 0 Å². The lowest BCUT2D eigenvalue weighted by molar-refractivity contribution is 0.419. The number of benzene rings is 1. The summed E-state index contributed by atoms with van der Waals surface area (Å²) in [5.74, 6) is 2.37. The van der Waals surface area contributed by atoms with Crippen LogP contribution in [0.1, 0.15) is 75.8 Å². The molecule has 1 aromatic rings. The van der Waals surface area contributed by atoms with E-state index in [9.17, 15) is 0 Å². The summed E-state index contributed by atoms with van der Waals surface area (Å²) >= 11 is 0. The van der Waals surface area contributed by atoms with Crippen LogP contribution in [0.4, 0.5) is 0 Å². The largest absolute Gasteiger partial charge is 0.0654 e. The van der Waals surface area contributed by atoms with E-state index in [0.717, 1.165) is 17.8 Å². The second kappa shape index (κ2) is 5.71. The highest BCUT2D eigenvalue weighted by molar-refractivity contribution is 5.29. The van der Waals surface area contributed by atoms with Crippen molar-refractivity contribution >= 4 is 0 Å². The van der Waals surface area contributed by atoms with Gasteiger partial charge in [-0.2, -0.15) is 0 Å². The van der Waals surface area contributed by atoms with Gasteiger partial charge in [-0.05, 0) is 48.1 Å². The minimum absolute atomic E-state index is 0.746. The first-order valence-corrected chi connectivity index (χ1v) is 7.32. The fourth-order valence-corrected chi connectivity index (χ4v) is 2.95. The summed E-state index contributed by atoms with van der Waals surface area (Å²) in [6, 6.07) is 9.52. The highest BCUT2D eigenvalue weighted by atomic mass is 14.2. The number of hydrogen-bond acceptors (Lipinski definition) is 0. The normalized spacial score (nSPS) is 18.1. The monoisotopic (exact) mass is 230 g/mol. The van der Waals surface area contributed by atoms with Gasteiger partial charge in [0.1, 0.15) is 0 Å². The molecule has 1 atom stereocenters. The fraction of sp³-hybridized carbons (Fsp3) is 0.647. The van der Waals surface area contributed by atoms with Crippen LogP contribution in [0.2, 0.25) is 0 Å². The Balaban J connectivity index is 2.09. The minimum Gasteiger partial charge on any atom is -0.0654 e. The van der Waals surface area contributed by atoms with Crippen molar-refractivity contribution < 1.29 is 0 Å². The van der Waals surface area contributed by atoms with Gasteiger partial charge in [-0.15, -0.1) is 0 Å². The summed E-state index contributed by atoms with van der Waals surface area (Å²) < 4.78 is 0. The average molecular weight is 230 g/mol. The molecule has 0 spiro atoms. The smallest absolute Gasteiger partial charge is 0.0139 e. The Kier molecular flexibility index (Phi) is 4.25. The van der Waals surface area contributed by atoms with Crippen molar-refractivity contribution in [2.45, 2.75) is 64.7 Å². The van der Waals surface area contributed by atoms with Crippen molar-refractivity contribution in [2.75, 3.05) is 0 Å². The van der Waals surface area contributed by atoms with Gasteiger partial charge in [0, 0.05) is 0 Å². The van der Waals surface area contributed by atoms with Crippen molar-refractivity contribution in [3.8, 4) is 0 Å². The molecule has 2 rings (SSSR count). The van der Waals surface area contributed by atoms with E-state index in [4.69, 9.17) is 0 Å². The zero-order chi connectivity index (χ0) is 12.3. The lowest BCUT2D eigenvalue weighted by Crippen LogP contribution is -2.10. The molecular weight excluding hydrogens is 204 g/mol. The maximum Gasteiger partial charge on any atom is -0.0139 e. The topological polar surface area (TPSA) is 0 Å². The highest BCUT2D eigenvalue weighted by Crippen LogP contribution is 2.37. The van der Waals surface area contributed by atoms with Gasteiger partial charge in [-0.1, -0.05) is 57.9 Å². The third-order valence-electron chi connectivity index (χ3n) is 4.35. The van der Waals surface area contributed by atoms with E-state index >= 15 is 0 Å². The van der Waals surface area contributed by atoms with Crippen LogP contribution >= 0.6 is 0 Å². The molecule has 17 heavy (non-hydrogen) atoms. The van der Waals surface area contributed by atoms with Crippen LogP contribution in [-0.4, -0.2) is 0 Å². The Morgan fingerprint density at radius 2 is 1.76 bits per heavy atom. The minimum atomic E-state index is 0.746. The summed E-state index contributed by atoms with van der Waals surface area (Å²) in [4.78, 5) is 0. The van der Waals surface area contributed by atoms with E-state index in [0.29, 0.717) is 0 Å². The van der Waals surface area contributed by atoms with Crippen molar-refractivity contribution in [3.63, 3.8) is 0 Å². The molecule has 0 radical (unpaired) electrons. The molecule has 1 saturated carbocycles. The summed E-state index contributed by atoms with van der Waals surface area (Å²) in [5, 5.41) is 0. The quantitative estimate of drug-likeness (QED) is 0.627. The Hall–Kier alpha value is -0.780. The lowest BCUT2D eigenvalue weighted by Gasteiger charge is -2.27. The van der Waals surface area contributed by atoms with Crippen LogP contribution in [0.15, 0.2) is 24.3 Å². The molecule has 0 aromatic heterocycles. The molecular formula is C17H26. The van der Waals surface area contributed by atoms with Gasteiger partial charge in [0.15, 0.2) is 0 Å². The van der Waals surface area contributed by atoms with Gasteiger partial charge in [0.25, 0.3) is 0 Å².